The highest BCUT2D eigenvalue weighted by Gasteiger charge is 2.32. The summed E-state index contributed by atoms with van der Waals surface area (Å²) in [5, 5.41) is 9.57. The van der Waals surface area contributed by atoms with Gasteiger partial charge in [-0.3, -0.25) is 14.4 Å². The maximum absolute atomic E-state index is 13.5. The van der Waals surface area contributed by atoms with E-state index in [0.29, 0.717) is 18.1 Å². The van der Waals surface area contributed by atoms with Crippen LogP contribution >= 0.6 is 0 Å². The molecule has 0 bridgehead atoms. The number of aromatic nitrogens is 1. The largest absolute Gasteiger partial charge is 0.360 e. The SMILES string of the molecule is CCCCN(C(=O)CCC(=O)Nc1cc(C)on1)[C@H](C(=O)NC1CCCC1)c1ccc(C)cc1. The molecule has 3 rings (SSSR count). The van der Waals surface area contributed by atoms with Crippen LogP contribution in [0.15, 0.2) is 34.9 Å². The lowest BCUT2D eigenvalue weighted by molar-refractivity contribution is -0.141. The molecule has 0 unspecified atom stereocenters. The third-order valence-electron chi connectivity index (χ3n) is 6.19. The smallest absolute Gasteiger partial charge is 0.247 e. The van der Waals surface area contributed by atoms with Gasteiger partial charge in [0.15, 0.2) is 5.82 Å². The summed E-state index contributed by atoms with van der Waals surface area (Å²) in [6, 6.07) is 8.80. The first-order valence-electron chi connectivity index (χ1n) is 12.3. The van der Waals surface area contributed by atoms with Gasteiger partial charge in [-0.1, -0.05) is 61.2 Å². The fraction of sp³-hybridized carbons (Fsp3) is 0.538. The normalized spacial score (nSPS) is 14.6. The van der Waals surface area contributed by atoms with E-state index in [0.717, 1.165) is 49.7 Å². The molecule has 34 heavy (non-hydrogen) atoms. The number of unbranched alkanes of at least 4 members (excludes halogenated alkanes) is 1. The Labute approximate surface area is 201 Å². The predicted octanol–water partition coefficient (Wildman–Crippen LogP) is 4.44. The van der Waals surface area contributed by atoms with Gasteiger partial charge in [-0.05, 0) is 38.7 Å². The number of rotatable bonds is 11. The third kappa shape index (κ3) is 7.17. The third-order valence-corrected chi connectivity index (χ3v) is 6.19. The van der Waals surface area contributed by atoms with E-state index in [2.05, 4.69) is 22.7 Å². The number of hydrogen-bond acceptors (Lipinski definition) is 5. The molecule has 0 spiro atoms. The van der Waals surface area contributed by atoms with Crippen LogP contribution in [0, 0.1) is 13.8 Å². The quantitative estimate of drug-likeness (QED) is 0.507. The summed E-state index contributed by atoms with van der Waals surface area (Å²) >= 11 is 0. The zero-order valence-corrected chi connectivity index (χ0v) is 20.4. The monoisotopic (exact) mass is 468 g/mol. The summed E-state index contributed by atoms with van der Waals surface area (Å²) in [5.74, 6) is 0.229. The molecule has 3 amide bonds. The Kier molecular flexibility index (Phi) is 9.24. The molecule has 8 heteroatoms. The number of aryl methyl sites for hydroxylation is 2. The zero-order chi connectivity index (χ0) is 24.5. The Hall–Kier alpha value is -3.16. The average Bonchev–Trinajstić information content (AvgIpc) is 3.47. The van der Waals surface area contributed by atoms with Crippen LogP contribution < -0.4 is 10.6 Å². The molecular weight excluding hydrogens is 432 g/mol. The van der Waals surface area contributed by atoms with E-state index < -0.39 is 6.04 Å². The van der Waals surface area contributed by atoms with E-state index in [-0.39, 0.29) is 36.6 Å². The van der Waals surface area contributed by atoms with Crippen LogP contribution in [0.4, 0.5) is 5.82 Å². The molecule has 0 saturated heterocycles. The number of amides is 3. The molecule has 0 aliphatic heterocycles. The molecule has 2 N–H and O–H groups in total. The first-order valence-corrected chi connectivity index (χ1v) is 12.3. The van der Waals surface area contributed by atoms with Gasteiger partial charge in [0, 0.05) is 31.5 Å². The minimum Gasteiger partial charge on any atom is -0.360 e. The highest BCUT2D eigenvalue weighted by molar-refractivity contribution is 5.94. The molecular formula is C26H36N4O4. The summed E-state index contributed by atoms with van der Waals surface area (Å²) in [4.78, 5) is 40.8. The van der Waals surface area contributed by atoms with Crippen molar-refractivity contribution in [2.75, 3.05) is 11.9 Å². The van der Waals surface area contributed by atoms with Crippen molar-refractivity contribution < 1.29 is 18.9 Å². The Bertz CT molecular complexity index is 963. The van der Waals surface area contributed by atoms with Crippen molar-refractivity contribution in [2.24, 2.45) is 0 Å². The van der Waals surface area contributed by atoms with Crippen molar-refractivity contribution in [1.82, 2.24) is 15.4 Å². The fourth-order valence-corrected chi connectivity index (χ4v) is 4.29. The Morgan fingerprint density at radius 1 is 1.12 bits per heavy atom. The second-order valence-corrected chi connectivity index (χ2v) is 9.11. The molecule has 8 nitrogen and oxygen atoms in total. The molecule has 1 fully saturated rings. The molecule has 2 aromatic rings. The van der Waals surface area contributed by atoms with Crippen molar-refractivity contribution in [2.45, 2.75) is 84.2 Å². The van der Waals surface area contributed by atoms with E-state index >= 15 is 0 Å². The summed E-state index contributed by atoms with van der Waals surface area (Å²) < 4.78 is 4.96. The van der Waals surface area contributed by atoms with Crippen LogP contribution in [0.2, 0.25) is 0 Å². The van der Waals surface area contributed by atoms with Crippen molar-refractivity contribution in [1.29, 1.82) is 0 Å². The van der Waals surface area contributed by atoms with Crippen molar-refractivity contribution in [3.63, 3.8) is 0 Å². The van der Waals surface area contributed by atoms with Crippen LogP contribution in [-0.2, 0) is 14.4 Å². The number of carbonyl (C=O) groups is 3. The highest BCUT2D eigenvalue weighted by atomic mass is 16.5. The zero-order valence-electron chi connectivity index (χ0n) is 20.4. The van der Waals surface area contributed by atoms with Gasteiger partial charge in [0.05, 0.1) is 0 Å². The summed E-state index contributed by atoms with van der Waals surface area (Å²) in [6.07, 6.45) is 5.82. The van der Waals surface area contributed by atoms with Gasteiger partial charge in [-0.25, -0.2) is 0 Å². The number of benzene rings is 1. The fourth-order valence-electron chi connectivity index (χ4n) is 4.29. The second-order valence-electron chi connectivity index (χ2n) is 9.11. The number of carbonyl (C=O) groups excluding carboxylic acids is 3. The number of hydrogen-bond donors (Lipinski definition) is 2. The molecule has 184 valence electrons. The average molecular weight is 469 g/mol. The first kappa shape index (κ1) is 25.5. The first-order chi connectivity index (χ1) is 16.4. The van der Waals surface area contributed by atoms with Crippen LogP contribution in [-0.4, -0.2) is 40.4 Å². The highest BCUT2D eigenvalue weighted by Crippen LogP contribution is 2.26. The van der Waals surface area contributed by atoms with E-state index in [1.54, 1.807) is 17.9 Å². The van der Waals surface area contributed by atoms with E-state index in [4.69, 9.17) is 4.52 Å². The molecule has 1 atom stereocenters. The molecule has 1 saturated carbocycles. The van der Waals surface area contributed by atoms with Crippen molar-refractivity contribution in [3.05, 3.63) is 47.2 Å². The van der Waals surface area contributed by atoms with Gasteiger partial charge in [0.1, 0.15) is 11.8 Å². The van der Waals surface area contributed by atoms with Crippen molar-refractivity contribution in [3.8, 4) is 0 Å². The van der Waals surface area contributed by atoms with Gasteiger partial charge < -0.3 is 20.1 Å². The number of anilines is 1. The van der Waals surface area contributed by atoms with E-state index in [9.17, 15) is 14.4 Å². The molecule has 0 radical (unpaired) electrons. The summed E-state index contributed by atoms with van der Waals surface area (Å²) in [7, 11) is 0. The Morgan fingerprint density at radius 2 is 1.82 bits per heavy atom. The van der Waals surface area contributed by atoms with Crippen LogP contribution in [0.1, 0.15) is 81.2 Å². The minimum absolute atomic E-state index is 0.00176. The molecule has 1 aliphatic rings. The molecule has 1 heterocycles. The van der Waals surface area contributed by atoms with Crippen LogP contribution in [0.5, 0.6) is 0 Å². The summed E-state index contributed by atoms with van der Waals surface area (Å²) in [5.41, 5.74) is 1.87. The maximum atomic E-state index is 13.5. The summed E-state index contributed by atoms with van der Waals surface area (Å²) in [6.45, 7) is 6.23. The Balaban J connectivity index is 1.75. The number of nitrogens with zero attached hydrogens (tertiary/aromatic N) is 2. The van der Waals surface area contributed by atoms with Gasteiger partial charge in [-0.2, -0.15) is 0 Å². The van der Waals surface area contributed by atoms with E-state index in [1.807, 2.05) is 31.2 Å². The molecule has 1 aromatic heterocycles. The van der Waals surface area contributed by atoms with Crippen molar-refractivity contribution >= 4 is 23.5 Å². The molecule has 1 aliphatic carbocycles. The number of nitrogens with one attached hydrogen (secondary N) is 2. The lowest BCUT2D eigenvalue weighted by Gasteiger charge is -2.32. The van der Waals surface area contributed by atoms with Crippen LogP contribution in [0.25, 0.3) is 0 Å². The second kappa shape index (κ2) is 12.3. The lowest BCUT2D eigenvalue weighted by atomic mass is 10.0. The van der Waals surface area contributed by atoms with Gasteiger partial charge >= 0.3 is 0 Å². The Morgan fingerprint density at radius 3 is 2.44 bits per heavy atom. The standard InChI is InChI=1S/C26H36N4O4/c1-4-5-16-30(24(32)15-14-23(31)28-22-17-19(3)34-29-22)25(20-12-10-18(2)11-13-20)26(33)27-21-8-6-7-9-21/h10-13,17,21,25H,4-9,14-16H2,1-3H3,(H,27,33)(H,28,29,31)/t25-/m0/s1. The maximum Gasteiger partial charge on any atom is 0.247 e. The van der Waals surface area contributed by atoms with Gasteiger partial charge in [0.25, 0.3) is 0 Å². The van der Waals surface area contributed by atoms with Gasteiger partial charge in [0.2, 0.25) is 17.7 Å². The lowest BCUT2D eigenvalue weighted by Crippen LogP contribution is -2.46. The van der Waals surface area contributed by atoms with E-state index in [1.165, 1.54) is 0 Å². The van der Waals surface area contributed by atoms with Gasteiger partial charge in [-0.15, -0.1) is 0 Å². The van der Waals surface area contributed by atoms with Crippen LogP contribution in [0.3, 0.4) is 0 Å². The minimum atomic E-state index is -0.721. The predicted molar refractivity (Wildman–Crippen MR) is 130 cm³/mol. The molecule has 1 aromatic carbocycles. The topological polar surface area (TPSA) is 105 Å².